The SMILES string of the molecule is COC(=O)[C@@H](C1c2ccccc2-c2ccccc21)C(N)(N)C(=O)O. The molecule has 6 heteroatoms. The minimum absolute atomic E-state index is 0.587. The first kappa shape index (κ1) is 16.2. The van der Waals surface area contributed by atoms with E-state index in [0.29, 0.717) is 0 Å². The van der Waals surface area contributed by atoms with Crippen LogP contribution in [0.25, 0.3) is 11.1 Å². The molecule has 0 saturated carbocycles. The molecule has 1 aliphatic carbocycles. The maximum atomic E-state index is 12.4. The molecule has 1 aliphatic rings. The summed E-state index contributed by atoms with van der Waals surface area (Å²) in [7, 11) is 1.19. The van der Waals surface area contributed by atoms with Crippen molar-refractivity contribution >= 4 is 11.9 Å². The van der Waals surface area contributed by atoms with Crippen LogP contribution >= 0.6 is 0 Å². The third kappa shape index (κ3) is 2.28. The Morgan fingerprint density at radius 2 is 1.50 bits per heavy atom. The zero-order valence-electron chi connectivity index (χ0n) is 13.1. The number of carbonyl (C=O) groups excluding carboxylic acids is 1. The van der Waals surface area contributed by atoms with Crippen LogP contribution in [0.15, 0.2) is 48.5 Å². The summed E-state index contributed by atoms with van der Waals surface area (Å²) in [6.45, 7) is 0. The number of nitrogens with two attached hydrogens (primary N) is 2. The lowest BCUT2D eigenvalue weighted by molar-refractivity contribution is -0.158. The zero-order chi connectivity index (χ0) is 17.5. The molecule has 0 aliphatic heterocycles. The Hall–Kier alpha value is -2.70. The minimum atomic E-state index is -2.26. The van der Waals surface area contributed by atoms with Crippen molar-refractivity contribution in [3.8, 4) is 11.1 Å². The van der Waals surface area contributed by atoms with E-state index in [1.807, 2.05) is 48.5 Å². The lowest BCUT2D eigenvalue weighted by Gasteiger charge is -2.33. The summed E-state index contributed by atoms with van der Waals surface area (Å²) in [6, 6.07) is 15.0. The van der Waals surface area contributed by atoms with Crippen LogP contribution in [0.2, 0.25) is 0 Å². The molecule has 0 aromatic heterocycles. The molecule has 0 spiro atoms. The third-order valence-electron chi connectivity index (χ3n) is 4.56. The molecular formula is C18H18N2O4. The first-order chi connectivity index (χ1) is 11.4. The first-order valence-corrected chi connectivity index (χ1v) is 7.46. The van der Waals surface area contributed by atoms with Crippen molar-refractivity contribution in [2.24, 2.45) is 17.4 Å². The van der Waals surface area contributed by atoms with Gasteiger partial charge in [-0.1, -0.05) is 48.5 Å². The van der Waals surface area contributed by atoms with Gasteiger partial charge in [0, 0.05) is 5.92 Å². The van der Waals surface area contributed by atoms with Gasteiger partial charge in [-0.15, -0.1) is 0 Å². The summed E-state index contributed by atoms with van der Waals surface area (Å²) in [5, 5.41) is 9.45. The standard InChI is InChI=1S/C18H18N2O4/c1-24-16(21)15(18(19,20)17(22)23)14-12-8-4-2-6-10(12)11-7-3-5-9-13(11)14/h2-9,14-15H,19-20H2,1H3,(H,22,23)/t15-/m1/s1. The number of carbonyl (C=O) groups is 2. The van der Waals surface area contributed by atoms with E-state index >= 15 is 0 Å². The van der Waals surface area contributed by atoms with Crippen molar-refractivity contribution < 1.29 is 19.4 Å². The average Bonchev–Trinajstić information content (AvgIpc) is 2.89. The number of carboxylic acid groups (broad SMARTS) is 1. The van der Waals surface area contributed by atoms with E-state index in [1.54, 1.807) is 0 Å². The molecule has 0 bridgehead atoms. The van der Waals surface area contributed by atoms with Gasteiger partial charge in [0.05, 0.1) is 7.11 Å². The van der Waals surface area contributed by atoms with Gasteiger partial charge in [-0.05, 0) is 22.3 Å². The fraction of sp³-hybridized carbons (Fsp3) is 0.222. The van der Waals surface area contributed by atoms with Crippen molar-refractivity contribution in [2.45, 2.75) is 11.6 Å². The number of hydrogen-bond donors (Lipinski definition) is 3. The third-order valence-corrected chi connectivity index (χ3v) is 4.56. The maximum Gasteiger partial charge on any atom is 0.339 e. The van der Waals surface area contributed by atoms with Crippen molar-refractivity contribution in [1.29, 1.82) is 0 Å². The zero-order valence-corrected chi connectivity index (χ0v) is 13.1. The quantitative estimate of drug-likeness (QED) is 0.576. The summed E-state index contributed by atoms with van der Waals surface area (Å²) in [5.41, 5.74) is 12.9. The normalized spacial score (nSPS) is 14.6. The van der Waals surface area contributed by atoms with Gasteiger partial charge < -0.3 is 21.3 Å². The molecule has 24 heavy (non-hydrogen) atoms. The Morgan fingerprint density at radius 1 is 1.04 bits per heavy atom. The van der Waals surface area contributed by atoms with Gasteiger partial charge in [-0.3, -0.25) is 4.79 Å². The predicted molar refractivity (Wildman–Crippen MR) is 88.0 cm³/mol. The highest BCUT2D eigenvalue weighted by Gasteiger charge is 2.51. The molecule has 1 atom stereocenters. The Morgan fingerprint density at radius 3 is 1.92 bits per heavy atom. The average molecular weight is 326 g/mol. The lowest BCUT2D eigenvalue weighted by atomic mass is 9.76. The van der Waals surface area contributed by atoms with Gasteiger partial charge in [0.15, 0.2) is 5.66 Å². The number of fused-ring (bicyclic) bond motifs is 3. The molecular weight excluding hydrogens is 308 g/mol. The Balaban J connectivity index is 2.25. The molecule has 0 heterocycles. The highest BCUT2D eigenvalue weighted by atomic mass is 16.5. The summed E-state index contributed by atoms with van der Waals surface area (Å²) >= 11 is 0. The largest absolute Gasteiger partial charge is 0.479 e. The van der Waals surface area contributed by atoms with Gasteiger partial charge in [0.25, 0.3) is 0 Å². The topological polar surface area (TPSA) is 116 Å². The Labute approximate surface area is 139 Å². The number of aliphatic carboxylic acids is 1. The molecule has 5 N–H and O–H groups in total. The second-order valence-electron chi connectivity index (χ2n) is 5.89. The van der Waals surface area contributed by atoms with Crippen molar-refractivity contribution in [3.63, 3.8) is 0 Å². The van der Waals surface area contributed by atoms with E-state index in [9.17, 15) is 14.7 Å². The molecule has 0 amide bonds. The van der Waals surface area contributed by atoms with Crippen LogP contribution in [0.1, 0.15) is 17.0 Å². The van der Waals surface area contributed by atoms with E-state index in [4.69, 9.17) is 16.2 Å². The number of ether oxygens (including phenoxy) is 1. The highest BCUT2D eigenvalue weighted by molar-refractivity contribution is 5.90. The molecule has 0 saturated heterocycles. The van der Waals surface area contributed by atoms with Gasteiger partial charge >= 0.3 is 11.9 Å². The lowest BCUT2D eigenvalue weighted by Crippen LogP contribution is -2.65. The van der Waals surface area contributed by atoms with Crippen LogP contribution in [0.4, 0.5) is 0 Å². The Bertz CT molecular complexity index is 771. The number of carboxylic acids is 1. The van der Waals surface area contributed by atoms with Crippen LogP contribution in [0.5, 0.6) is 0 Å². The van der Waals surface area contributed by atoms with Crippen LogP contribution in [0, 0.1) is 5.92 Å². The van der Waals surface area contributed by atoms with Crippen molar-refractivity contribution in [2.75, 3.05) is 7.11 Å². The van der Waals surface area contributed by atoms with Gasteiger partial charge in [0.1, 0.15) is 5.92 Å². The van der Waals surface area contributed by atoms with E-state index in [2.05, 4.69) is 0 Å². The molecule has 2 aromatic carbocycles. The summed E-state index contributed by atoms with van der Waals surface area (Å²) in [5.74, 6) is -4.06. The number of esters is 1. The second-order valence-corrected chi connectivity index (χ2v) is 5.89. The first-order valence-electron chi connectivity index (χ1n) is 7.46. The van der Waals surface area contributed by atoms with Crippen LogP contribution in [-0.2, 0) is 14.3 Å². The number of methoxy groups -OCH3 is 1. The fourth-order valence-corrected chi connectivity index (χ4v) is 3.42. The van der Waals surface area contributed by atoms with E-state index in [1.165, 1.54) is 7.11 Å². The molecule has 3 rings (SSSR count). The van der Waals surface area contributed by atoms with Crippen molar-refractivity contribution in [3.05, 3.63) is 59.7 Å². The van der Waals surface area contributed by atoms with Gasteiger partial charge in [-0.2, -0.15) is 0 Å². The number of hydrogen-bond acceptors (Lipinski definition) is 5. The fourth-order valence-electron chi connectivity index (χ4n) is 3.42. The second kappa shape index (κ2) is 5.74. The summed E-state index contributed by atoms with van der Waals surface area (Å²) in [6.07, 6.45) is 0. The van der Waals surface area contributed by atoms with Gasteiger partial charge in [0.2, 0.25) is 0 Å². The Kier molecular flexibility index (Phi) is 3.87. The van der Waals surface area contributed by atoms with E-state index in [0.717, 1.165) is 22.3 Å². The predicted octanol–water partition coefficient (Wildman–Crippen LogP) is 1.29. The smallest absolute Gasteiger partial charge is 0.339 e. The number of rotatable bonds is 4. The molecule has 124 valence electrons. The van der Waals surface area contributed by atoms with Crippen LogP contribution in [-0.4, -0.2) is 29.8 Å². The number of benzene rings is 2. The van der Waals surface area contributed by atoms with E-state index < -0.39 is 29.4 Å². The van der Waals surface area contributed by atoms with Crippen LogP contribution < -0.4 is 11.5 Å². The van der Waals surface area contributed by atoms with Gasteiger partial charge in [-0.25, -0.2) is 4.79 Å². The summed E-state index contributed by atoms with van der Waals surface area (Å²) < 4.78 is 4.83. The molecule has 0 unspecified atom stereocenters. The highest BCUT2D eigenvalue weighted by Crippen LogP contribution is 2.49. The molecule has 0 fully saturated rings. The van der Waals surface area contributed by atoms with Crippen molar-refractivity contribution in [1.82, 2.24) is 0 Å². The molecule has 2 aromatic rings. The minimum Gasteiger partial charge on any atom is -0.479 e. The maximum absolute atomic E-state index is 12.4. The van der Waals surface area contributed by atoms with Crippen LogP contribution in [0.3, 0.4) is 0 Å². The molecule has 6 nitrogen and oxygen atoms in total. The monoisotopic (exact) mass is 326 g/mol. The van der Waals surface area contributed by atoms with E-state index in [-0.39, 0.29) is 0 Å². The summed E-state index contributed by atoms with van der Waals surface area (Å²) in [4.78, 5) is 24.0. The molecule has 0 radical (unpaired) electrons.